The number of nitrogens with two attached hydrogens (primary N) is 1. The van der Waals surface area contributed by atoms with Crippen LogP contribution in [0.3, 0.4) is 0 Å². The number of aliphatic hydroxyl groups is 1. The van der Waals surface area contributed by atoms with Crippen LogP contribution in [0.15, 0.2) is 16.8 Å². The molecule has 6 aliphatic rings. The molecule has 1 spiro atoms. The fourth-order valence-corrected chi connectivity index (χ4v) is 10.6. The fourth-order valence-electron chi connectivity index (χ4n) is 10.6. The molecule has 0 bridgehead atoms. The molecular weight excluding hydrogens is 452 g/mol. The van der Waals surface area contributed by atoms with Gasteiger partial charge >= 0.3 is 0 Å². The number of oxime groups is 1. The molecule has 2 unspecified atom stereocenters. The van der Waals surface area contributed by atoms with Crippen LogP contribution in [0.1, 0.15) is 87.0 Å². The predicted molar refractivity (Wildman–Crippen MR) is 140 cm³/mol. The van der Waals surface area contributed by atoms with Gasteiger partial charge in [-0.1, -0.05) is 65.3 Å². The summed E-state index contributed by atoms with van der Waals surface area (Å²) in [6, 6.07) is -0.105. The van der Waals surface area contributed by atoms with Crippen LogP contribution in [0.4, 0.5) is 0 Å². The van der Waals surface area contributed by atoms with Crippen LogP contribution < -0.4 is 5.73 Å². The minimum Gasteiger partial charge on any atom is -0.399 e. The number of hydrogen-bond donors (Lipinski definition) is 2. The molecule has 6 nitrogen and oxygen atoms in total. The molecule has 6 rings (SSSR count). The normalized spacial score (nSPS) is 58.3. The lowest BCUT2D eigenvalue weighted by atomic mass is 9.34. The molecule has 3 N–H and O–H groups in total. The summed E-state index contributed by atoms with van der Waals surface area (Å²) in [6.07, 6.45) is 7.77. The van der Waals surface area contributed by atoms with Gasteiger partial charge in [0, 0.05) is 29.7 Å². The average molecular weight is 501 g/mol. The maximum atomic E-state index is 12.1. The molecular formula is C30H48N2O4. The van der Waals surface area contributed by atoms with Crippen molar-refractivity contribution in [1.29, 1.82) is 0 Å². The standard InChI is InChI=1S/C30H48N2O4/c1-17-24-22(36-30(17)15-25(2,3)16-35-30)11-19-18-9-10-26(4)13-21(32-34-8)20(31)12-28(26,6)27(18,5)14-23(33)29(19,24)7/h11,17-18,20,22-24,33H,9-10,12-16,31H2,1-8H3/b32-21+/t17-,18?,20+,22-,23+,24-,26-,27-,28-,29+,30?/m0/s1. The van der Waals surface area contributed by atoms with Crippen molar-refractivity contribution >= 4 is 5.71 Å². The van der Waals surface area contributed by atoms with Gasteiger partial charge in [0.2, 0.25) is 0 Å². The van der Waals surface area contributed by atoms with E-state index in [1.54, 1.807) is 7.11 Å². The first kappa shape index (κ1) is 25.3. The molecule has 2 saturated heterocycles. The molecule has 5 fully saturated rings. The number of ether oxygens (including phenoxy) is 2. The van der Waals surface area contributed by atoms with Crippen LogP contribution in [0.25, 0.3) is 0 Å². The maximum absolute atomic E-state index is 12.1. The minimum atomic E-state index is -0.519. The summed E-state index contributed by atoms with van der Waals surface area (Å²) in [5.74, 6) is 0.392. The van der Waals surface area contributed by atoms with Gasteiger partial charge in [0.15, 0.2) is 5.79 Å². The lowest BCUT2D eigenvalue weighted by Gasteiger charge is -2.70. The van der Waals surface area contributed by atoms with Gasteiger partial charge in [-0.15, -0.1) is 0 Å². The zero-order chi connectivity index (χ0) is 26.1. The zero-order valence-corrected chi connectivity index (χ0v) is 23.7. The molecule has 0 aromatic heterocycles. The van der Waals surface area contributed by atoms with Gasteiger partial charge in [-0.25, -0.2) is 0 Å². The van der Waals surface area contributed by atoms with E-state index in [1.807, 2.05) is 0 Å². The molecule has 0 aromatic rings. The Labute approximate surface area is 217 Å². The third kappa shape index (κ3) is 2.85. The van der Waals surface area contributed by atoms with Crippen molar-refractivity contribution in [2.75, 3.05) is 13.7 Å². The van der Waals surface area contributed by atoms with Crippen LogP contribution in [0, 0.1) is 44.8 Å². The van der Waals surface area contributed by atoms with E-state index in [0.29, 0.717) is 5.92 Å². The summed E-state index contributed by atoms with van der Waals surface area (Å²) in [5.41, 5.74) is 9.02. The molecule has 4 aliphatic carbocycles. The van der Waals surface area contributed by atoms with E-state index >= 15 is 0 Å². The molecule has 2 heterocycles. The summed E-state index contributed by atoms with van der Waals surface area (Å²) in [7, 11) is 1.61. The Hall–Kier alpha value is -0.950. The lowest BCUT2D eigenvalue weighted by molar-refractivity contribution is -0.212. The predicted octanol–water partition coefficient (Wildman–Crippen LogP) is 5.04. The minimum absolute atomic E-state index is 0.0117. The van der Waals surface area contributed by atoms with E-state index < -0.39 is 11.9 Å². The highest BCUT2D eigenvalue weighted by molar-refractivity contribution is 5.90. The third-order valence-corrected chi connectivity index (χ3v) is 12.9. The molecule has 0 amide bonds. The van der Waals surface area contributed by atoms with Gasteiger partial charge in [-0.05, 0) is 59.7 Å². The van der Waals surface area contributed by atoms with E-state index in [2.05, 4.69) is 59.7 Å². The average Bonchev–Trinajstić information content (AvgIpc) is 3.35. The number of rotatable bonds is 1. The molecule has 202 valence electrons. The largest absolute Gasteiger partial charge is 0.399 e. The monoisotopic (exact) mass is 500 g/mol. The van der Waals surface area contributed by atoms with E-state index in [1.165, 1.54) is 5.57 Å². The third-order valence-electron chi connectivity index (χ3n) is 12.9. The summed E-state index contributed by atoms with van der Waals surface area (Å²) in [6.45, 7) is 17.3. The van der Waals surface area contributed by atoms with Gasteiger partial charge in [0.05, 0.1) is 24.5 Å². The Bertz CT molecular complexity index is 1020. The topological polar surface area (TPSA) is 86.3 Å². The van der Waals surface area contributed by atoms with Crippen molar-refractivity contribution < 1.29 is 19.4 Å². The molecule has 2 aliphatic heterocycles. The Morgan fingerprint density at radius 2 is 1.86 bits per heavy atom. The van der Waals surface area contributed by atoms with Gasteiger partial charge in [-0.3, -0.25) is 0 Å². The van der Waals surface area contributed by atoms with Crippen LogP contribution in [0.5, 0.6) is 0 Å². The highest BCUT2D eigenvalue weighted by Gasteiger charge is 2.73. The van der Waals surface area contributed by atoms with Crippen LogP contribution in [0.2, 0.25) is 0 Å². The Morgan fingerprint density at radius 3 is 2.50 bits per heavy atom. The summed E-state index contributed by atoms with van der Waals surface area (Å²) in [5, 5.41) is 16.5. The second-order valence-electron chi connectivity index (χ2n) is 15.1. The van der Waals surface area contributed by atoms with Crippen LogP contribution in [-0.4, -0.2) is 48.6 Å². The number of hydrogen-bond acceptors (Lipinski definition) is 6. The SMILES string of the molecule is CO/N=C1\C[C@]2(C)CCC3C4=C[C@@H]5OC6(CC(C)(C)CO6)[C@@H](C)[C@@H]5[C@@]4(C)[C@H](O)C[C@]3(C)[C@@]2(C)C[C@H]1N. The van der Waals surface area contributed by atoms with Gasteiger partial charge < -0.3 is 25.2 Å². The quantitative estimate of drug-likeness (QED) is 0.389. The second kappa shape index (κ2) is 7.37. The Balaban J connectivity index is 1.39. The highest BCUT2D eigenvalue weighted by atomic mass is 16.7. The molecule has 0 aromatic carbocycles. The van der Waals surface area contributed by atoms with E-state index in [-0.39, 0.29) is 51.1 Å². The van der Waals surface area contributed by atoms with Crippen molar-refractivity contribution in [3.8, 4) is 0 Å². The number of nitrogens with zero attached hydrogens (tertiary/aromatic N) is 1. The van der Waals surface area contributed by atoms with Crippen molar-refractivity contribution in [1.82, 2.24) is 0 Å². The van der Waals surface area contributed by atoms with E-state index in [9.17, 15) is 5.11 Å². The first-order valence-corrected chi connectivity index (χ1v) is 14.2. The second-order valence-corrected chi connectivity index (χ2v) is 15.1. The number of aliphatic hydroxyl groups excluding tert-OH is 1. The number of fused-ring (bicyclic) bond motifs is 7. The van der Waals surface area contributed by atoms with E-state index in [0.717, 1.165) is 50.8 Å². The Morgan fingerprint density at radius 1 is 1.14 bits per heavy atom. The van der Waals surface area contributed by atoms with Gasteiger partial charge in [-0.2, -0.15) is 0 Å². The van der Waals surface area contributed by atoms with Gasteiger partial charge in [0.25, 0.3) is 0 Å². The molecule has 36 heavy (non-hydrogen) atoms. The highest BCUT2D eigenvalue weighted by Crippen LogP contribution is 2.76. The molecule has 11 atom stereocenters. The van der Waals surface area contributed by atoms with Gasteiger partial charge in [0.1, 0.15) is 7.11 Å². The first-order chi connectivity index (χ1) is 16.7. The molecule has 0 radical (unpaired) electrons. The van der Waals surface area contributed by atoms with Crippen molar-refractivity contribution in [2.45, 2.75) is 111 Å². The molecule has 6 heteroatoms. The fraction of sp³-hybridized carbons (Fsp3) is 0.900. The summed E-state index contributed by atoms with van der Waals surface area (Å²) < 4.78 is 13.3. The maximum Gasteiger partial charge on any atom is 0.172 e. The Kier molecular flexibility index (Phi) is 5.18. The lowest BCUT2D eigenvalue weighted by Crippen LogP contribution is -2.67. The summed E-state index contributed by atoms with van der Waals surface area (Å²) >= 11 is 0. The smallest absolute Gasteiger partial charge is 0.172 e. The first-order valence-electron chi connectivity index (χ1n) is 14.2. The van der Waals surface area contributed by atoms with Crippen molar-refractivity contribution in [3.05, 3.63) is 11.6 Å². The summed E-state index contributed by atoms with van der Waals surface area (Å²) in [4.78, 5) is 5.17. The van der Waals surface area contributed by atoms with Crippen molar-refractivity contribution in [2.24, 2.45) is 55.7 Å². The van der Waals surface area contributed by atoms with E-state index in [4.69, 9.17) is 20.0 Å². The zero-order valence-electron chi connectivity index (χ0n) is 23.7. The van der Waals surface area contributed by atoms with Crippen molar-refractivity contribution in [3.63, 3.8) is 0 Å². The molecule has 3 saturated carbocycles. The van der Waals surface area contributed by atoms with Crippen LogP contribution >= 0.6 is 0 Å². The van der Waals surface area contributed by atoms with Crippen LogP contribution in [-0.2, 0) is 14.3 Å².